The normalized spacial score (nSPS) is 25.6. The molecule has 1 aliphatic carbocycles. The van der Waals surface area contributed by atoms with Gasteiger partial charge >= 0.3 is 0 Å². The van der Waals surface area contributed by atoms with Gasteiger partial charge in [-0.2, -0.15) is 0 Å². The topological polar surface area (TPSA) is 111 Å². The number of methoxy groups -OCH3 is 1. The zero-order valence-electron chi connectivity index (χ0n) is 26.0. The van der Waals surface area contributed by atoms with Gasteiger partial charge in [0.15, 0.2) is 5.88 Å². The average molecular weight is 596 g/mol. The van der Waals surface area contributed by atoms with E-state index in [1.54, 1.807) is 7.11 Å². The Hall–Kier alpha value is -3.92. The van der Waals surface area contributed by atoms with Gasteiger partial charge in [-0.1, -0.05) is 0 Å². The number of nitrogens with two attached hydrogens (primary N) is 1. The minimum Gasteiger partial charge on any atom is -0.482 e. The third-order valence-electron chi connectivity index (χ3n) is 10.7. The first kappa shape index (κ1) is 27.6. The lowest BCUT2D eigenvalue weighted by Crippen LogP contribution is -2.40. The van der Waals surface area contributed by atoms with E-state index >= 15 is 0 Å². The van der Waals surface area contributed by atoms with E-state index in [0.29, 0.717) is 29.4 Å². The van der Waals surface area contributed by atoms with Crippen LogP contribution in [-0.2, 0) is 11.3 Å². The van der Waals surface area contributed by atoms with Gasteiger partial charge in [0.1, 0.15) is 17.0 Å². The number of pyridine rings is 2. The number of hydrogen-bond donors (Lipinski definition) is 1. The van der Waals surface area contributed by atoms with Crippen LogP contribution in [0.3, 0.4) is 0 Å². The number of hydrogen-bond acceptors (Lipinski definition) is 6. The quantitative estimate of drug-likeness (QED) is 0.327. The zero-order chi connectivity index (χ0) is 30.4. The van der Waals surface area contributed by atoms with Gasteiger partial charge in [0, 0.05) is 54.1 Å². The lowest BCUT2D eigenvalue weighted by molar-refractivity contribution is -0.130. The van der Waals surface area contributed by atoms with E-state index in [-0.39, 0.29) is 42.0 Å². The molecule has 2 N–H and O–H groups in total. The Labute approximate surface area is 257 Å². The monoisotopic (exact) mass is 595 g/mol. The molecule has 2 bridgehead atoms. The molecule has 3 saturated heterocycles. The fourth-order valence-electron chi connectivity index (χ4n) is 8.19. The van der Waals surface area contributed by atoms with Crippen LogP contribution in [0.2, 0.25) is 0 Å². The van der Waals surface area contributed by atoms with Gasteiger partial charge < -0.3 is 24.8 Å². The maximum atomic E-state index is 13.8. The number of aryl methyl sites for hydroxylation is 1. The summed E-state index contributed by atoms with van der Waals surface area (Å²) in [7, 11) is 1.64. The molecule has 44 heavy (non-hydrogen) atoms. The molecule has 3 aliphatic heterocycles. The molecule has 4 aromatic heterocycles. The molecule has 4 fully saturated rings. The van der Waals surface area contributed by atoms with Crippen molar-refractivity contribution in [3.8, 4) is 17.3 Å². The molecule has 0 radical (unpaired) electrons. The molecule has 10 nitrogen and oxygen atoms in total. The van der Waals surface area contributed by atoms with E-state index in [9.17, 15) is 9.59 Å². The number of fused-ring (bicyclic) bond motifs is 4. The highest BCUT2D eigenvalue weighted by Gasteiger charge is 2.47. The van der Waals surface area contributed by atoms with E-state index in [1.807, 2.05) is 26.3 Å². The first-order valence-electron chi connectivity index (χ1n) is 16.2. The zero-order valence-corrected chi connectivity index (χ0v) is 26.0. The summed E-state index contributed by atoms with van der Waals surface area (Å²) < 4.78 is 10.2. The standard InChI is InChI=1S/C34H41N7O3/c1-18-5-12-30(42)39(18)19(2)26-10-8-22-13-28(38(33(22)36-26)17-21-6-7-21)32-20(3)40-29(37-32)14-23(15-31(40)44-4)34(43)41-24-9-11-27(41)25(35)16-24/h8,10,13-15,18-19,21,24-25,27H,5-7,9,11-12,16-17,35H2,1-4H3/t18?,19-,24+,25-,27-/m1/s1. The van der Waals surface area contributed by atoms with Crippen molar-refractivity contribution in [1.29, 1.82) is 0 Å². The second-order valence-corrected chi connectivity index (χ2v) is 13.5. The Morgan fingerprint density at radius 2 is 1.93 bits per heavy atom. The molecule has 0 aromatic carbocycles. The first-order valence-corrected chi connectivity index (χ1v) is 16.2. The van der Waals surface area contributed by atoms with Crippen LogP contribution < -0.4 is 10.5 Å². The Morgan fingerprint density at radius 1 is 1.11 bits per heavy atom. The largest absolute Gasteiger partial charge is 0.482 e. The number of amides is 2. The number of nitrogens with zero attached hydrogens (tertiary/aromatic N) is 6. The van der Waals surface area contributed by atoms with Gasteiger partial charge in [0.25, 0.3) is 5.91 Å². The van der Waals surface area contributed by atoms with Crippen LogP contribution in [0.15, 0.2) is 30.3 Å². The Morgan fingerprint density at radius 3 is 2.59 bits per heavy atom. The van der Waals surface area contributed by atoms with Crippen molar-refractivity contribution in [3.05, 3.63) is 47.3 Å². The van der Waals surface area contributed by atoms with Crippen LogP contribution >= 0.6 is 0 Å². The molecular formula is C34H41N7O3. The molecule has 10 heteroatoms. The lowest BCUT2D eigenvalue weighted by Gasteiger charge is -2.28. The number of imidazole rings is 1. The minimum absolute atomic E-state index is 0.00736. The Kier molecular flexibility index (Phi) is 6.31. The predicted octanol–water partition coefficient (Wildman–Crippen LogP) is 4.85. The van der Waals surface area contributed by atoms with Gasteiger partial charge in [-0.3, -0.25) is 14.0 Å². The van der Waals surface area contributed by atoms with Crippen molar-refractivity contribution in [2.75, 3.05) is 7.11 Å². The molecule has 2 amide bonds. The first-order chi connectivity index (χ1) is 21.2. The van der Waals surface area contributed by atoms with E-state index in [1.165, 1.54) is 12.8 Å². The van der Waals surface area contributed by atoms with Crippen molar-refractivity contribution >= 4 is 28.5 Å². The number of carbonyl (C=O) groups is 2. The predicted molar refractivity (Wildman–Crippen MR) is 167 cm³/mol. The molecule has 1 saturated carbocycles. The van der Waals surface area contributed by atoms with Crippen LogP contribution in [0.1, 0.15) is 86.6 Å². The van der Waals surface area contributed by atoms with Crippen molar-refractivity contribution in [2.45, 2.75) is 102 Å². The lowest BCUT2D eigenvalue weighted by atomic mass is 9.97. The molecule has 0 spiro atoms. The third kappa shape index (κ3) is 4.17. The summed E-state index contributed by atoms with van der Waals surface area (Å²) in [5.74, 6) is 1.41. The maximum Gasteiger partial charge on any atom is 0.254 e. The Bertz CT molecular complexity index is 1820. The van der Waals surface area contributed by atoms with E-state index in [0.717, 1.165) is 66.0 Å². The minimum atomic E-state index is -0.0883. The van der Waals surface area contributed by atoms with Crippen LogP contribution in [-0.4, -0.2) is 71.8 Å². The SMILES string of the molecule is COc1cc(C(=O)N2[C@H]3CC[C@@H]2[C@H](N)C3)cc2nc(-c3cc4ccc([C@@H](C)N5C(=O)CCC5C)nc4n3CC3CC3)c(C)n12. The Balaban J connectivity index is 1.22. The van der Waals surface area contributed by atoms with E-state index in [2.05, 4.69) is 43.5 Å². The highest BCUT2D eigenvalue weighted by atomic mass is 16.5. The maximum absolute atomic E-state index is 13.8. The fraction of sp³-hybridized carbons (Fsp3) is 0.529. The number of rotatable bonds is 7. The molecule has 1 unspecified atom stereocenters. The van der Waals surface area contributed by atoms with Crippen LogP contribution in [0.5, 0.6) is 5.88 Å². The highest BCUT2D eigenvalue weighted by Crippen LogP contribution is 2.40. The highest BCUT2D eigenvalue weighted by molar-refractivity contribution is 5.97. The van der Waals surface area contributed by atoms with E-state index in [4.69, 9.17) is 20.4 Å². The van der Waals surface area contributed by atoms with Crippen LogP contribution in [0, 0.1) is 12.8 Å². The summed E-state index contributed by atoms with van der Waals surface area (Å²) >= 11 is 0. The van der Waals surface area contributed by atoms with Crippen molar-refractivity contribution in [2.24, 2.45) is 11.7 Å². The van der Waals surface area contributed by atoms with Gasteiger partial charge in [-0.15, -0.1) is 0 Å². The van der Waals surface area contributed by atoms with Gasteiger partial charge in [0.2, 0.25) is 5.91 Å². The van der Waals surface area contributed by atoms with Crippen molar-refractivity contribution in [3.63, 3.8) is 0 Å². The number of carbonyl (C=O) groups excluding carboxylic acids is 2. The average Bonchev–Trinajstić information content (AvgIpc) is 3.25. The number of aromatic nitrogens is 4. The van der Waals surface area contributed by atoms with Crippen molar-refractivity contribution < 1.29 is 14.3 Å². The molecule has 4 aliphatic rings. The number of ether oxygens (including phenoxy) is 1. The summed E-state index contributed by atoms with van der Waals surface area (Å²) in [5, 5.41) is 1.05. The van der Waals surface area contributed by atoms with Crippen molar-refractivity contribution in [1.82, 2.24) is 28.7 Å². The summed E-state index contributed by atoms with van der Waals surface area (Å²) in [6, 6.07) is 10.6. The van der Waals surface area contributed by atoms with Crippen LogP contribution in [0.4, 0.5) is 0 Å². The second-order valence-electron chi connectivity index (χ2n) is 13.5. The fourth-order valence-corrected chi connectivity index (χ4v) is 8.19. The van der Waals surface area contributed by atoms with E-state index < -0.39 is 0 Å². The third-order valence-corrected chi connectivity index (χ3v) is 10.7. The second kappa shape index (κ2) is 10.1. The summed E-state index contributed by atoms with van der Waals surface area (Å²) in [6.45, 7) is 7.13. The summed E-state index contributed by atoms with van der Waals surface area (Å²) in [6.07, 6.45) is 6.77. The molecule has 5 atom stereocenters. The molecule has 8 rings (SSSR count). The van der Waals surface area contributed by atoms with Crippen LogP contribution in [0.25, 0.3) is 28.1 Å². The summed E-state index contributed by atoms with van der Waals surface area (Å²) in [4.78, 5) is 40.8. The molecule has 7 heterocycles. The smallest absolute Gasteiger partial charge is 0.254 e. The molecule has 4 aromatic rings. The molecular weight excluding hydrogens is 554 g/mol. The van der Waals surface area contributed by atoms with Gasteiger partial charge in [-0.05, 0) is 89.5 Å². The van der Waals surface area contributed by atoms with Gasteiger partial charge in [0.05, 0.1) is 30.2 Å². The summed E-state index contributed by atoms with van der Waals surface area (Å²) in [5.41, 5.74) is 12.3. The number of likely N-dealkylation sites (tertiary alicyclic amines) is 1. The van der Waals surface area contributed by atoms with Gasteiger partial charge in [-0.25, -0.2) is 9.97 Å². The molecule has 230 valence electrons.